The molecule has 0 saturated carbocycles. The summed E-state index contributed by atoms with van der Waals surface area (Å²) in [5.74, 6) is 0.650. The van der Waals surface area contributed by atoms with Gasteiger partial charge in [0, 0.05) is 44.5 Å². The van der Waals surface area contributed by atoms with Crippen LogP contribution in [-0.4, -0.2) is 43.3 Å². The molecule has 2 heterocycles. The second-order valence-electron chi connectivity index (χ2n) is 5.91. The van der Waals surface area contributed by atoms with Crippen LogP contribution < -0.4 is 15.4 Å². The third-order valence-electron chi connectivity index (χ3n) is 4.42. The summed E-state index contributed by atoms with van der Waals surface area (Å²) in [5, 5.41) is 0. The lowest BCUT2D eigenvalue weighted by atomic mass is 10.2. The Kier molecular flexibility index (Phi) is 5.15. The summed E-state index contributed by atoms with van der Waals surface area (Å²) in [6, 6.07) is 10.4. The molecule has 1 aliphatic rings. The molecule has 1 N–H and O–H groups in total. The Morgan fingerprint density at radius 1 is 1.12 bits per heavy atom. The Morgan fingerprint density at radius 2 is 1.79 bits per heavy atom. The van der Waals surface area contributed by atoms with Crippen molar-refractivity contribution in [2.45, 2.75) is 20.0 Å². The smallest absolute Gasteiger partial charge is 0.255 e. The Labute approximate surface area is 142 Å². The van der Waals surface area contributed by atoms with Crippen molar-refractivity contribution >= 4 is 11.6 Å². The molecule has 0 amide bonds. The lowest BCUT2D eigenvalue weighted by molar-refractivity contribution is 0.180. The molecule has 2 aromatic rings. The predicted octanol–water partition coefficient (Wildman–Crippen LogP) is 1.81. The number of H-pyrrole nitrogens is 1. The number of nitrogens with one attached hydrogen (secondary N) is 1. The van der Waals surface area contributed by atoms with Gasteiger partial charge in [-0.25, -0.2) is 4.98 Å². The topological polar surface area (TPSA) is 61.5 Å². The molecular weight excluding hydrogens is 304 g/mol. The van der Waals surface area contributed by atoms with Gasteiger partial charge in [0.05, 0.1) is 12.3 Å². The summed E-state index contributed by atoms with van der Waals surface area (Å²) in [7, 11) is 1.63. The zero-order valence-corrected chi connectivity index (χ0v) is 14.3. The molecule has 6 heteroatoms. The Morgan fingerprint density at radius 3 is 2.42 bits per heavy atom. The normalized spacial score (nSPS) is 14.9. The minimum atomic E-state index is -0.0555. The third kappa shape index (κ3) is 3.43. The molecule has 1 aromatic carbocycles. The number of ether oxygens (including phenoxy) is 1. The van der Waals surface area contributed by atoms with E-state index in [2.05, 4.69) is 44.0 Å². The van der Waals surface area contributed by atoms with Crippen molar-refractivity contribution in [3.05, 3.63) is 51.9 Å². The molecule has 3 rings (SSSR count). The lowest BCUT2D eigenvalue weighted by Gasteiger charge is -2.36. The number of hydrogen-bond donors (Lipinski definition) is 1. The van der Waals surface area contributed by atoms with E-state index < -0.39 is 0 Å². The maximum absolute atomic E-state index is 12.3. The van der Waals surface area contributed by atoms with Gasteiger partial charge in [0.25, 0.3) is 5.56 Å². The Balaban J connectivity index is 1.75. The van der Waals surface area contributed by atoms with Crippen LogP contribution in [0.2, 0.25) is 0 Å². The van der Waals surface area contributed by atoms with Gasteiger partial charge >= 0.3 is 0 Å². The molecule has 24 heavy (non-hydrogen) atoms. The van der Waals surface area contributed by atoms with Crippen LogP contribution in [-0.2, 0) is 17.8 Å². The Bertz CT molecular complexity index is 722. The second-order valence-corrected chi connectivity index (χ2v) is 5.91. The highest BCUT2D eigenvalue weighted by Crippen LogP contribution is 2.18. The molecule has 0 atom stereocenters. The van der Waals surface area contributed by atoms with Crippen molar-refractivity contribution in [2.24, 2.45) is 0 Å². The maximum atomic E-state index is 12.3. The summed E-state index contributed by atoms with van der Waals surface area (Å²) in [5.41, 5.74) is 2.63. The van der Waals surface area contributed by atoms with E-state index in [1.807, 2.05) is 13.0 Å². The molecule has 0 radical (unpaired) electrons. The fraction of sp³-hybridized carbons (Fsp3) is 0.444. The zero-order chi connectivity index (χ0) is 16.9. The number of nitrogens with zero attached hydrogens (tertiary/aromatic N) is 3. The van der Waals surface area contributed by atoms with Crippen molar-refractivity contribution < 1.29 is 4.74 Å². The predicted molar refractivity (Wildman–Crippen MR) is 95.8 cm³/mol. The van der Waals surface area contributed by atoms with Crippen LogP contribution in [0.5, 0.6) is 0 Å². The van der Waals surface area contributed by atoms with Crippen LogP contribution in [0, 0.1) is 0 Å². The van der Waals surface area contributed by atoms with Crippen molar-refractivity contribution in [1.29, 1.82) is 0 Å². The number of para-hydroxylation sites is 1. The van der Waals surface area contributed by atoms with Gasteiger partial charge in [0.2, 0.25) is 5.95 Å². The summed E-state index contributed by atoms with van der Waals surface area (Å²) in [4.78, 5) is 24.4. The largest absolute Gasteiger partial charge is 0.378 e. The SMILES string of the molecule is CCc1c(COC)nc(N2CCN(c3ccccc3)CC2)[nH]c1=O. The summed E-state index contributed by atoms with van der Waals surface area (Å²) in [6.45, 7) is 5.80. The molecule has 1 aromatic heterocycles. The first-order chi connectivity index (χ1) is 11.7. The number of piperazine rings is 1. The molecule has 6 nitrogen and oxygen atoms in total. The van der Waals surface area contributed by atoms with Gasteiger partial charge in [-0.15, -0.1) is 0 Å². The number of benzene rings is 1. The lowest BCUT2D eigenvalue weighted by Crippen LogP contribution is -2.47. The van der Waals surface area contributed by atoms with Crippen LogP contribution in [0.25, 0.3) is 0 Å². The highest BCUT2D eigenvalue weighted by Gasteiger charge is 2.20. The highest BCUT2D eigenvalue weighted by molar-refractivity contribution is 5.48. The number of aromatic amines is 1. The van der Waals surface area contributed by atoms with Crippen LogP contribution in [0.3, 0.4) is 0 Å². The van der Waals surface area contributed by atoms with E-state index in [1.165, 1.54) is 5.69 Å². The van der Waals surface area contributed by atoms with Crippen LogP contribution in [0.1, 0.15) is 18.2 Å². The standard InChI is InChI=1S/C18H24N4O2/c1-3-15-16(13-24-2)19-18(20-17(15)23)22-11-9-21(10-12-22)14-7-5-4-6-8-14/h4-8H,3,9-13H2,1-2H3,(H,19,20,23). The summed E-state index contributed by atoms with van der Waals surface area (Å²) in [6.07, 6.45) is 0.656. The van der Waals surface area contributed by atoms with Crippen LogP contribution >= 0.6 is 0 Å². The molecule has 0 bridgehead atoms. The fourth-order valence-corrected chi connectivity index (χ4v) is 3.12. The minimum Gasteiger partial charge on any atom is -0.378 e. The van der Waals surface area contributed by atoms with E-state index in [9.17, 15) is 4.79 Å². The molecule has 1 fully saturated rings. The number of methoxy groups -OCH3 is 1. The number of rotatable bonds is 5. The van der Waals surface area contributed by atoms with Crippen LogP contribution in [0.15, 0.2) is 35.1 Å². The van der Waals surface area contributed by atoms with Gasteiger partial charge in [-0.05, 0) is 18.6 Å². The van der Waals surface area contributed by atoms with Crippen LogP contribution in [0.4, 0.5) is 11.6 Å². The average Bonchev–Trinajstić information content (AvgIpc) is 2.63. The van der Waals surface area contributed by atoms with Crippen molar-refractivity contribution in [2.75, 3.05) is 43.1 Å². The molecule has 1 saturated heterocycles. The monoisotopic (exact) mass is 328 g/mol. The second kappa shape index (κ2) is 7.49. The van der Waals surface area contributed by atoms with Gasteiger partial charge < -0.3 is 14.5 Å². The molecular formula is C18H24N4O2. The molecule has 1 aliphatic heterocycles. The van der Waals surface area contributed by atoms with Gasteiger partial charge in [0.1, 0.15) is 0 Å². The van der Waals surface area contributed by atoms with Gasteiger partial charge in [-0.1, -0.05) is 25.1 Å². The number of anilines is 2. The molecule has 0 unspecified atom stereocenters. The van der Waals surface area contributed by atoms with Crippen molar-refractivity contribution in [3.8, 4) is 0 Å². The van der Waals surface area contributed by atoms with Gasteiger partial charge in [-0.2, -0.15) is 0 Å². The van der Waals surface area contributed by atoms with Gasteiger partial charge in [-0.3, -0.25) is 9.78 Å². The molecule has 128 valence electrons. The van der Waals surface area contributed by atoms with E-state index in [0.29, 0.717) is 24.5 Å². The first-order valence-corrected chi connectivity index (χ1v) is 8.39. The van der Waals surface area contributed by atoms with Gasteiger partial charge in [0.15, 0.2) is 0 Å². The highest BCUT2D eigenvalue weighted by atomic mass is 16.5. The van der Waals surface area contributed by atoms with E-state index in [1.54, 1.807) is 7.11 Å². The first kappa shape index (κ1) is 16.5. The number of hydrogen-bond acceptors (Lipinski definition) is 5. The van der Waals surface area contributed by atoms with E-state index in [-0.39, 0.29) is 5.56 Å². The summed E-state index contributed by atoms with van der Waals surface area (Å²) < 4.78 is 5.20. The molecule has 0 aliphatic carbocycles. The fourth-order valence-electron chi connectivity index (χ4n) is 3.12. The summed E-state index contributed by atoms with van der Waals surface area (Å²) >= 11 is 0. The number of aromatic nitrogens is 2. The minimum absolute atomic E-state index is 0.0555. The molecule has 0 spiro atoms. The zero-order valence-electron chi connectivity index (χ0n) is 14.3. The van der Waals surface area contributed by atoms with Crippen molar-refractivity contribution in [3.63, 3.8) is 0 Å². The van der Waals surface area contributed by atoms with E-state index >= 15 is 0 Å². The van der Waals surface area contributed by atoms with E-state index in [0.717, 1.165) is 31.9 Å². The van der Waals surface area contributed by atoms with Crippen molar-refractivity contribution in [1.82, 2.24) is 9.97 Å². The quantitative estimate of drug-likeness (QED) is 0.907. The maximum Gasteiger partial charge on any atom is 0.255 e. The average molecular weight is 328 g/mol. The first-order valence-electron chi connectivity index (χ1n) is 8.39. The third-order valence-corrected chi connectivity index (χ3v) is 4.42. The Hall–Kier alpha value is -2.34. The van der Waals surface area contributed by atoms with E-state index in [4.69, 9.17) is 4.74 Å².